The Morgan fingerprint density at radius 2 is 1.05 bits per heavy atom. The molecule has 1 aliphatic rings. The minimum Gasteiger partial charge on any atom is -0.475 e. The highest BCUT2D eigenvalue weighted by Gasteiger charge is 2.40. The second kappa shape index (κ2) is 43.2. The van der Waals surface area contributed by atoms with Crippen molar-refractivity contribution in [3.05, 3.63) is 35.9 Å². The number of hydrogen-bond acceptors (Lipinski definition) is 19. The lowest BCUT2D eigenvalue weighted by Crippen LogP contribution is -2.62. The third-order valence-corrected chi connectivity index (χ3v) is 14.9. The van der Waals surface area contributed by atoms with Crippen LogP contribution in [0.5, 0.6) is 0 Å². The third-order valence-electron chi connectivity index (χ3n) is 14.9. The number of rotatable bonds is 29. The number of unbranched alkanes of at least 4 members (excludes halogenated alkanes) is 1. The molecule has 24 N–H and O–H groups in total. The quantitative estimate of drug-likeness (QED) is 0.0336. The SMILES string of the molecule is CC[C@H](C)CCCCC(=O)N[C@@H](CCN)C(=O)N[C@H](C(=O)N[C@@H](CCN)C(=O)N[C@H]1CCNC(=O)[C@H]([C@@H](C)O)NC(=O)[C@H](CCN)NC(=O)[C@H](CCN)NC(=O)[C@H]([C@@H](C)CC)NC(=O)[C@@H](Cc2ccccc2)NC(=O)[C@H](CCN)NC1=O)[C@@H](C)O.O=C(O)C(F)(F)F. The molecule has 0 spiro atoms. The topological polar surface area (TPSA) is 528 Å². The van der Waals surface area contributed by atoms with Gasteiger partial charge in [-0.15, -0.1) is 0 Å². The van der Waals surface area contributed by atoms with Crippen molar-refractivity contribution in [2.24, 2.45) is 40.5 Å². The van der Waals surface area contributed by atoms with Crippen LogP contribution in [0.15, 0.2) is 30.3 Å². The molecule has 0 aromatic heterocycles. The second-order valence-corrected chi connectivity index (χ2v) is 22.5. The molecule has 0 bridgehead atoms. The van der Waals surface area contributed by atoms with Gasteiger partial charge in [0.15, 0.2) is 0 Å². The summed E-state index contributed by atoms with van der Waals surface area (Å²) in [5.41, 5.74) is 29.9. The molecule has 0 radical (unpaired) electrons. The molecule has 1 fully saturated rings. The summed E-state index contributed by atoms with van der Waals surface area (Å²) < 4.78 is 31.7. The fraction of sp³-hybridized carbons (Fsp3) is 0.690. The van der Waals surface area contributed by atoms with Gasteiger partial charge in [0, 0.05) is 19.4 Å². The van der Waals surface area contributed by atoms with E-state index in [-0.39, 0.29) is 77.7 Å². The number of alkyl halides is 3. The van der Waals surface area contributed by atoms with Gasteiger partial charge in [-0.25, -0.2) is 4.79 Å². The smallest absolute Gasteiger partial charge is 0.475 e. The van der Waals surface area contributed by atoms with Gasteiger partial charge in [-0.3, -0.25) is 52.7 Å². The van der Waals surface area contributed by atoms with Gasteiger partial charge in [-0.1, -0.05) is 83.7 Å². The van der Waals surface area contributed by atoms with Crippen molar-refractivity contribution in [3.8, 4) is 0 Å². The summed E-state index contributed by atoms with van der Waals surface area (Å²) in [6.07, 6.45) is -5.84. The number of carboxylic acids is 1. The first-order valence-electron chi connectivity index (χ1n) is 30.8. The third kappa shape index (κ3) is 30.2. The minimum atomic E-state index is -5.08. The fourth-order valence-electron chi connectivity index (χ4n) is 9.09. The zero-order valence-electron chi connectivity index (χ0n) is 53.2. The summed E-state index contributed by atoms with van der Waals surface area (Å²) in [4.78, 5) is 163. The molecule has 2 rings (SSSR count). The van der Waals surface area contributed by atoms with Crippen molar-refractivity contribution in [1.29, 1.82) is 0 Å². The van der Waals surface area contributed by atoms with E-state index in [2.05, 4.69) is 72.3 Å². The first-order valence-corrected chi connectivity index (χ1v) is 30.8. The van der Waals surface area contributed by atoms with Gasteiger partial charge >= 0.3 is 12.1 Å². The molecule has 34 heteroatoms. The van der Waals surface area contributed by atoms with Gasteiger partial charge in [-0.05, 0) is 109 Å². The van der Waals surface area contributed by atoms with E-state index in [0.29, 0.717) is 24.3 Å². The minimum absolute atomic E-state index is 0.0173. The van der Waals surface area contributed by atoms with Crippen LogP contribution in [-0.4, -0.2) is 204 Å². The van der Waals surface area contributed by atoms with Gasteiger partial charge in [-0.2, -0.15) is 13.2 Å². The van der Waals surface area contributed by atoms with Crippen LogP contribution in [0, 0.1) is 11.8 Å². The van der Waals surface area contributed by atoms with Crippen molar-refractivity contribution >= 4 is 70.9 Å². The van der Waals surface area contributed by atoms with Crippen LogP contribution in [0.2, 0.25) is 0 Å². The number of carbonyl (C=O) groups excluding carboxylic acids is 11. The fourth-order valence-corrected chi connectivity index (χ4v) is 9.09. The first kappa shape index (κ1) is 82.4. The number of carboxylic acid groups (broad SMARTS) is 1. The molecule has 14 atom stereocenters. The van der Waals surface area contributed by atoms with E-state index in [9.17, 15) is 76.1 Å². The van der Waals surface area contributed by atoms with Crippen molar-refractivity contribution in [2.45, 2.75) is 204 Å². The van der Waals surface area contributed by atoms with Crippen molar-refractivity contribution < 1.29 is 86.0 Å². The molecule has 1 aromatic carbocycles. The molecular weight excluding hydrogens is 1220 g/mol. The van der Waals surface area contributed by atoms with Crippen molar-refractivity contribution in [2.75, 3.05) is 39.3 Å². The molecule has 0 saturated carbocycles. The van der Waals surface area contributed by atoms with E-state index < -0.39 is 169 Å². The van der Waals surface area contributed by atoms with Crippen molar-refractivity contribution in [1.82, 2.24) is 58.5 Å². The molecule has 1 aliphatic heterocycles. The maximum absolute atomic E-state index is 14.5. The van der Waals surface area contributed by atoms with E-state index in [0.717, 1.165) is 19.3 Å². The van der Waals surface area contributed by atoms with Gasteiger partial charge in [0.05, 0.1) is 12.2 Å². The summed E-state index contributed by atoms with van der Waals surface area (Å²) >= 11 is 0. The van der Waals surface area contributed by atoms with Gasteiger partial charge in [0.1, 0.15) is 60.4 Å². The van der Waals surface area contributed by atoms with Crippen LogP contribution < -0.4 is 87.2 Å². The maximum atomic E-state index is 14.5. The van der Waals surface area contributed by atoms with Crippen LogP contribution in [0.1, 0.15) is 124 Å². The normalized spacial score (nSPS) is 22.3. The lowest BCUT2D eigenvalue weighted by molar-refractivity contribution is -0.192. The molecule has 1 saturated heterocycles. The maximum Gasteiger partial charge on any atom is 0.490 e. The molecule has 31 nitrogen and oxygen atoms in total. The number of aliphatic hydroxyl groups is 2. The summed E-state index contributed by atoms with van der Waals surface area (Å²) in [7, 11) is 0. The molecular formula is C58H99F3N16O15. The molecule has 522 valence electrons. The Hall–Kier alpha value is -7.63. The predicted octanol–water partition coefficient (Wildman–Crippen LogP) is -4.61. The van der Waals surface area contributed by atoms with E-state index in [1.54, 1.807) is 44.2 Å². The molecule has 0 aliphatic carbocycles. The first-order chi connectivity index (χ1) is 43.3. The number of carbonyl (C=O) groups is 12. The predicted molar refractivity (Wildman–Crippen MR) is 330 cm³/mol. The summed E-state index contributed by atoms with van der Waals surface area (Å²) in [5, 5.41) is 56.8. The van der Waals surface area contributed by atoms with Crippen LogP contribution >= 0.6 is 0 Å². The summed E-state index contributed by atoms with van der Waals surface area (Å²) in [6, 6.07) is -6.25. The Labute approximate surface area is 533 Å². The molecule has 1 aromatic rings. The Morgan fingerprint density at radius 1 is 0.576 bits per heavy atom. The summed E-state index contributed by atoms with van der Waals surface area (Å²) in [5.74, 6) is -12.6. The Morgan fingerprint density at radius 3 is 1.53 bits per heavy atom. The van der Waals surface area contributed by atoms with E-state index in [1.807, 2.05) is 0 Å². The number of aliphatic carboxylic acids is 1. The highest BCUT2D eigenvalue weighted by molar-refractivity contribution is 5.99. The Kier molecular flexibility index (Phi) is 38.7. The van der Waals surface area contributed by atoms with E-state index >= 15 is 0 Å². The van der Waals surface area contributed by atoms with E-state index in [4.69, 9.17) is 38.6 Å². The number of nitrogens with one attached hydrogen (secondary N) is 11. The van der Waals surface area contributed by atoms with Crippen LogP contribution in [0.25, 0.3) is 0 Å². The van der Waals surface area contributed by atoms with Gasteiger partial charge in [0.25, 0.3) is 0 Å². The zero-order chi connectivity index (χ0) is 69.8. The molecule has 1 heterocycles. The average Bonchev–Trinajstić information content (AvgIpc) is 1.13. The number of halogens is 3. The highest BCUT2D eigenvalue weighted by Crippen LogP contribution is 2.16. The number of benzene rings is 1. The van der Waals surface area contributed by atoms with Crippen LogP contribution in [-0.2, 0) is 64.0 Å². The number of nitrogens with two attached hydrogens (primary N) is 5. The Balaban J connectivity index is 0.00000568. The monoisotopic (exact) mass is 1320 g/mol. The number of aliphatic hydroxyl groups excluding tert-OH is 2. The second-order valence-electron chi connectivity index (χ2n) is 22.5. The lowest BCUT2D eigenvalue weighted by atomic mass is 9.96. The summed E-state index contributed by atoms with van der Waals surface area (Å²) in [6.45, 7) is 8.87. The number of amides is 11. The van der Waals surface area contributed by atoms with Crippen LogP contribution in [0.3, 0.4) is 0 Å². The van der Waals surface area contributed by atoms with Crippen LogP contribution in [0.4, 0.5) is 13.2 Å². The van der Waals surface area contributed by atoms with E-state index in [1.165, 1.54) is 13.8 Å². The standard InChI is InChI=1S/C56H98N16O13.C2HF3O2/c1-7-31(3)14-12-13-17-43(75)63-36(18-24-57)51(80)72-46(34(6)74)56(85)68-39(21-27-60)48(77)66-41-23-29-62-54(83)45(33(5)73)71-52(81)40(22-28-61)65-47(76)38(20-26-59)67-55(84)44(32(4)8-2)70-53(82)42(30-35-15-10-9-11-16-35)69-49(78)37(19-25-58)64-50(41)79;3-2(4,5)1(6)7/h9-11,15-16,31-34,36-42,44-46,73-74H,7-8,12-14,17-30,57-61H2,1-6H3,(H,62,83)(H,63,75)(H,64,79)(H,65,76)(H,66,77)(H,67,84)(H,68,85)(H,69,78)(H,70,82)(H,71,81)(H,72,80);(H,6,7)/t31-,32-,33+,34+,36-,37-,38-,39-,40-,41-,42+,44-,45-,46-;/m0./s1. The molecule has 0 unspecified atom stereocenters. The van der Waals surface area contributed by atoms with Gasteiger partial charge in [0.2, 0.25) is 65.0 Å². The largest absolute Gasteiger partial charge is 0.490 e. The molecule has 92 heavy (non-hydrogen) atoms. The van der Waals surface area contributed by atoms with Gasteiger partial charge < -0.3 is 102 Å². The average molecular weight is 1320 g/mol. The Bertz CT molecular complexity index is 2540. The number of hydrogen-bond donors (Lipinski definition) is 19. The van der Waals surface area contributed by atoms with Crippen molar-refractivity contribution in [3.63, 3.8) is 0 Å². The highest BCUT2D eigenvalue weighted by atomic mass is 19.4. The lowest BCUT2D eigenvalue weighted by Gasteiger charge is -2.30. The molecule has 11 amide bonds. The zero-order valence-corrected chi connectivity index (χ0v) is 53.2.